The molecular formula is C10H12O2. The van der Waals surface area contributed by atoms with Crippen LogP contribution in [0.3, 0.4) is 0 Å². The van der Waals surface area contributed by atoms with Crippen molar-refractivity contribution < 1.29 is 9.21 Å². The first-order valence-electron chi connectivity index (χ1n) is 4.35. The van der Waals surface area contributed by atoms with Gasteiger partial charge in [0.25, 0.3) is 0 Å². The van der Waals surface area contributed by atoms with Crippen LogP contribution in [0, 0.1) is 12.8 Å². The number of hydrogen-bond acceptors (Lipinski definition) is 2. The fraction of sp³-hybridized carbons (Fsp3) is 0.500. The first-order valence-corrected chi connectivity index (χ1v) is 4.35. The number of hydrogen-bond donors (Lipinski definition) is 0. The van der Waals surface area contributed by atoms with Gasteiger partial charge in [-0.05, 0) is 37.8 Å². The molecule has 1 saturated carbocycles. The highest BCUT2D eigenvalue weighted by Gasteiger charge is 2.25. The summed E-state index contributed by atoms with van der Waals surface area (Å²) < 4.78 is 5.22. The van der Waals surface area contributed by atoms with E-state index in [1.165, 1.54) is 12.8 Å². The third kappa shape index (κ3) is 1.58. The standard InChI is InChI=1S/C10H12O2/c1-7-2-5-10(12-7)9(11)6-8-3-4-8/h2,5,8H,3-4,6H2,1H3. The van der Waals surface area contributed by atoms with Crippen LogP contribution in [-0.4, -0.2) is 5.78 Å². The van der Waals surface area contributed by atoms with Crippen molar-refractivity contribution in [3.63, 3.8) is 0 Å². The summed E-state index contributed by atoms with van der Waals surface area (Å²) in [5, 5.41) is 0. The van der Waals surface area contributed by atoms with Crippen LogP contribution in [0.25, 0.3) is 0 Å². The van der Waals surface area contributed by atoms with Crippen molar-refractivity contribution >= 4 is 5.78 Å². The predicted octanol–water partition coefficient (Wildman–Crippen LogP) is 2.57. The average molecular weight is 164 g/mol. The molecular weight excluding hydrogens is 152 g/mol. The molecule has 0 radical (unpaired) electrons. The molecule has 0 atom stereocenters. The van der Waals surface area contributed by atoms with Crippen molar-refractivity contribution in [2.75, 3.05) is 0 Å². The number of Topliss-reactive ketones (excluding diaryl/α,β-unsaturated/α-hetero) is 1. The summed E-state index contributed by atoms with van der Waals surface area (Å²) >= 11 is 0. The lowest BCUT2D eigenvalue weighted by Gasteiger charge is -1.92. The van der Waals surface area contributed by atoms with Crippen LogP contribution >= 0.6 is 0 Å². The molecule has 1 aromatic rings. The summed E-state index contributed by atoms with van der Waals surface area (Å²) in [6.45, 7) is 1.86. The second-order valence-corrected chi connectivity index (χ2v) is 3.48. The third-order valence-electron chi connectivity index (χ3n) is 2.19. The van der Waals surface area contributed by atoms with Gasteiger partial charge in [0.1, 0.15) is 5.76 Å². The molecule has 0 N–H and O–H groups in total. The van der Waals surface area contributed by atoms with E-state index in [1.54, 1.807) is 6.07 Å². The zero-order chi connectivity index (χ0) is 8.55. The van der Waals surface area contributed by atoms with E-state index in [0.717, 1.165) is 5.76 Å². The normalized spacial score (nSPS) is 16.4. The smallest absolute Gasteiger partial charge is 0.198 e. The van der Waals surface area contributed by atoms with Gasteiger partial charge in [0.05, 0.1) is 0 Å². The second-order valence-electron chi connectivity index (χ2n) is 3.48. The summed E-state index contributed by atoms with van der Waals surface area (Å²) in [7, 11) is 0. The summed E-state index contributed by atoms with van der Waals surface area (Å²) in [5.41, 5.74) is 0. The van der Waals surface area contributed by atoms with Gasteiger partial charge in [0.15, 0.2) is 11.5 Å². The fourth-order valence-corrected chi connectivity index (χ4v) is 1.27. The Morgan fingerprint density at radius 1 is 1.58 bits per heavy atom. The zero-order valence-corrected chi connectivity index (χ0v) is 7.17. The summed E-state index contributed by atoms with van der Waals surface area (Å²) in [5.74, 6) is 2.14. The first-order chi connectivity index (χ1) is 5.75. The summed E-state index contributed by atoms with van der Waals surface area (Å²) in [6.07, 6.45) is 3.10. The van der Waals surface area contributed by atoms with E-state index in [-0.39, 0.29) is 5.78 Å². The van der Waals surface area contributed by atoms with Crippen LogP contribution in [0.4, 0.5) is 0 Å². The highest BCUT2D eigenvalue weighted by molar-refractivity contribution is 5.93. The Morgan fingerprint density at radius 2 is 2.33 bits per heavy atom. The molecule has 64 valence electrons. The molecule has 0 aromatic carbocycles. The van der Waals surface area contributed by atoms with E-state index in [1.807, 2.05) is 13.0 Å². The molecule has 0 bridgehead atoms. The molecule has 1 aromatic heterocycles. The number of aryl methyl sites for hydroxylation is 1. The van der Waals surface area contributed by atoms with Crippen LogP contribution in [0.1, 0.15) is 35.6 Å². The van der Waals surface area contributed by atoms with Crippen molar-refractivity contribution in [2.45, 2.75) is 26.2 Å². The number of rotatable bonds is 3. The number of furan rings is 1. The number of carbonyl (C=O) groups is 1. The minimum absolute atomic E-state index is 0.158. The van der Waals surface area contributed by atoms with Crippen molar-refractivity contribution in [2.24, 2.45) is 5.92 Å². The molecule has 1 heterocycles. The highest BCUT2D eigenvalue weighted by Crippen LogP contribution is 2.33. The van der Waals surface area contributed by atoms with Gasteiger partial charge in [-0.3, -0.25) is 4.79 Å². The Labute approximate surface area is 71.6 Å². The minimum atomic E-state index is 0.158. The molecule has 1 aliphatic rings. The van der Waals surface area contributed by atoms with Gasteiger partial charge in [0.2, 0.25) is 0 Å². The Kier molecular flexibility index (Phi) is 1.75. The Bertz CT molecular complexity index is 295. The zero-order valence-electron chi connectivity index (χ0n) is 7.17. The van der Waals surface area contributed by atoms with Crippen LogP contribution in [0.15, 0.2) is 16.5 Å². The van der Waals surface area contributed by atoms with Crippen molar-refractivity contribution in [3.05, 3.63) is 23.7 Å². The lowest BCUT2D eigenvalue weighted by atomic mass is 10.2. The lowest BCUT2D eigenvalue weighted by Crippen LogP contribution is -1.97. The molecule has 0 spiro atoms. The topological polar surface area (TPSA) is 30.2 Å². The van der Waals surface area contributed by atoms with Crippen molar-refractivity contribution in [1.29, 1.82) is 0 Å². The van der Waals surface area contributed by atoms with Crippen LogP contribution in [-0.2, 0) is 0 Å². The van der Waals surface area contributed by atoms with Crippen LogP contribution in [0.2, 0.25) is 0 Å². The van der Waals surface area contributed by atoms with E-state index >= 15 is 0 Å². The average Bonchev–Trinajstić information content (AvgIpc) is 2.72. The predicted molar refractivity (Wildman–Crippen MR) is 45.1 cm³/mol. The van der Waals surface area contributed by atoms with Gasteiger partial charge in [-0.15, -0.1) is 0 Å². The molecule has 1 aliphatic carbocycles. The Morgan fingerprint density at radius 3 is 2.83 bits per heavy atom. The number of ketones is 1. The number of carbonyl (C=O) groups excluding carboxylic acids is 1. The molecule has 12 heavy (non-hydrogen) atoms. The van der Waals surface area contributed by atoms with Gasteiger partial charge in [-0.2, -0.15) is 0 Å². The fourth-order valence-electron chi connectivity index (χ4n) is 1.27. The maximum atomic E-state index is 11.4. The van der Waals surface area contributed by atoms with E-state index in [4.69, 9.17) is 4.42 Å². The molecule has 2 nitrogen and oxygen atoms in total. The van der Waals surface area contributed by atoms with Gasteiger partial charge in [0, 0.05) is 6.42 Å². The molecule has 0 saturated heterocycles. The van der Waals surface area contributed by atoms with Gasteiger partial charge >= 0.3 is 0 Å². The Hall–Kier alpha value is -1.05. The highest BCUT2D eigenvalue weighted by atomic mass is 16.3. The van der Waals surface area contributed by atoms with Crippen LogP contribution < -0.4 is 0 Å². The maximum absolute atomic E-state index is 11.4. The molecule has 2 rings (SSSR count). The molecule has 1 fully saturated rings. The van der Waals surface area contributed by atoms with Crippen molar-refractivity contribution in [3.8, 4) is 0 Å². The summed E-state index contributed by atoms with van der Waals surface area (Å²) in [6, 6.07) is 3.60. The van der Waals surface area contributed by atoms with Gasteiger partial charge in [-0.25, -0.2) is 0 Å². The maximum Gasteiger partial charge on any atom is 0.198 e. The molecule has 0 unspecified atom stereocenters. The molecule has 0 aliphatic heterocycles. The third-order valence-corrected chi connectivity index (χ3v) is 2.19. The largest absolute Gasteiger partial charge is 0.458 e. The van der Waals surface area contributed by atoms with Gasteiger partial charge < -0.3 is 4.42 Å². The monoisotopic (exact) mass is 164 g/mol. The molecule has 0 amide bonds. The quantitative estimate of drug-likeness (QED) is 0.643. The minimum Gasteiger partial charge on any atom is -0.458 e. The van der Waals surface area contributed by atoms with E-state index in [9.17, 15) is 4.79 Å². The first kappa shape index (κ1) is 7.59. The van der Waals surface area contributed by atoms with E-state index in [2.05, 4.69) is 0 Å². The summed E-state index contributed by atoms with van der Waals surface area (Å²) in [4.78, 5) is 11.4. The SMILES string of the molecule is Cc1ccc(C(=O)CC2CC2)o1. The molecule has 2 heteroatoms. The van der Waals surface area contributed by atoms with E-state index < -0.39 is 0 Å². The van der Waals surface area contributed by atoms with Gasteiger partial charge in [-0.1, -0.05) is 0 Å². The van der Waals surface area contributed by atoms with Crippen LogP contribution in [0.5, 0.6) is 0 Å². The second kappa shape index (κ2) is 2.77. The lowest BCUT2D eigenvalue weighted by molar-refractivity contribution is 0.0948. The van der Waals surface area contributed by atoms with E-state index in [0.29, 0.717) is 18.1 Å². The Balaban J connectivity index is 2.03. The van der Waals surface area contributed by atoms with Crippen molar-refractivity contribution in [1.82, 2.24) is 0 Å².